The summed E-state index contributed by atoms with van der Waals surface area (Å²) >= 11 is 0. The number of ether oxygens (including phenoxy) is 1. The van der Waals surface area contributed by atoms with Crippen LogP contribution in [-0.4, -0.2) is 54.4 Å². The van der Waals surface area contributed by atoms with Crippen molar-refractivity contribution in [2.24, 2.45) is 0 Å². The van der Waals surface area contributed by atoms with Gasteiger partial charge in [-0.2, -0.15) is 0 Å². The first-order chi connectivity index (χ1) is 15.1. The van der Waals surface area contributed by atoms with Crippen molar-refractivity contribution in [3.05, 3.63) is 84.7 Å². The highest BCUT2D eigenvalue weighted by Crippen LogP contribution is 2.22. The van der Waals surface area contributed by atoms with E-state index in [1.807, 2.05) is 91.1 Å². The first-order valence-corrected chi connectivity index (χ1v) is 10.5. The predicted octanol–water partition coefficient (Wildman–Crippen LogP) is 4.27. The van der Waals surface area contributed by atoms with Crippen molar-refractivity contribution in [2.75, 3.05) is 39.0 Å². The SMILES string of the molecule is CN(CCCN(C)Cc1ccncc1)CC(=O)Nc1ccc(Oc2ccccc2)cc1. The van der Waals surface area contributed by atoms with Gasteiger partial charge in [0.15, 0.2) is 0 Å². The fraction of sp³-hybridized carbons (Fsp3) is 0.280. The summed E-state index contributed by atoms with van der Waals surface area (Å²) in [5, 5.41) is 2.94. The second-order valence-electron chi connectivity index (χ2n) is 7.67. The van der Waals surface area contributed by atoms with Crippen LogP contribution in [0.15, 0.2) is 79.1 Å². The molecule has 2 aromatic carbocycles. The number of rotatable bonds is 11. The highest BCUT2D eigenvalue weighted by molar-refractivity contribution is 5.92. The molecule has 0 spiro atoms. The number of amides is 1. The van der Waals surface area contributed by atoms with Crippen molar-refractivity contribution in [2.45, 2.75) is 13.0 Å². The summed E-state index contributed by atoms with van der Waals surface area (Å²) in [6, 6.07) is 21.1. The van der Waals surface area contributed by atoms with Crippen LogP contribution in [0.3, 0.4) is 0 Å². The summed E-state index contributed by atoms with van der Waals surface area (Å²) in [5.74, 6) is 1.49. The van der Waals surface area contributed by atoms with Crippen LogP contribution in [0.4, 0.5) is 5.69 Å². The van der Waals surface area contributed by atoms with Crippen LogP contribution >= 0.6 is 0 Å². The Kier molecular flexibility index (Phi) is 8.58. The Hall–Kier alpha value is -3.22. The Bertz CT molecular complexity index is 917. The lowest BCUT2D eigenvalue weighted by Crippen LogP contribution is -2.32. The van der Waals surface area contributed by atoms with Gasteiger partial charge in [-0.1, -0.05) is 18.2 Å². The van der Waals surface area contributed by atoms with Crippen LogP contribution in [0, 0.1) is 0 Å². The Labute approximate surface area is 184 Å². The lowest BCUT2D eigenvalue weighted by atomic mass is 10.2. The third-order valence-corrected chi connectivity index (χ3v) is 4.81. The molecule has 162 valence electrons. The van der Waals surface area contributed by atoms with Gasteiger partial charge >= 0.3 is 0 Å². The summed E-state index contributed by atoms with van der Waals surface area (Å²) in [7, 11) is 4.08. The normalized spacial score (nSPS) is 11.0. The van der Waals surface area contributed by atoms with Gasteiger partial charge in [-0.15, -0.1) is 0 Å². The molecule has 6 heteroatoms. The van der Waals surface area contributed by atoms with Crippen LogP contribution in [0.25, 0.3) is 0 Å². The zero-order chi connectivity index (χ0) is 21.9. The summed E-state index contributed by atoms with van der Waals surface area (Å²) in [4.78, 5) is 20.7. The molecule has 1 amide bonds. The summed E-state index contributed by atoms with van der Waals surface area (Å²) in [6.45, 7) is 3.09. The number of carbonyl (C=O) groups excluding carboxylic acids is 1. The van der Waals surface area contributed by atoms with Gasteiger partial charge in [-0.05, 0) is 87.7 Å². The van der Waals surface area contributed by atoms with Crippen LogP contribution in [0.1, 0.15) is 12.0 Å². The molecule has 0 atom stereocenters. The van der Waals surface area contributed by atoms with E-state index in [0.717, 1.165) is 43.2 Å². The van der Waals surface area contributed by atoms with Gasteiger partial charge in [0, 0.05) is 24.6 Å². The monoisotopic (exact) mass is 418 g/mol. The van der Waals surface area contributed by atoms with Crippen molar-refractivity contribution in [3.8, 4) is 11.5 Å². The number of anilines is 1. The van der Waals surface area contributed by atoms with Gasteiger partial charge in [-0.25, -0.2) is 0 Å². The van der Waals surface area contributed by atoms with Crippen molar-refractivity contribution in [1.29, 1.82) is 0 Å². The van der Waals surface area contributed by atoms with E-state index in [2.05, 4.69) is 22.2 Å². The molecule has 6 nitrogen and oxygen atoms in total. The molecular formula is C25H30N4O2. The second-order valence-corrected chi connectivity index (χ2v) is 7.67. The number of para-hydroxylation sites is 1. The molecule has 3 rings (SSSR count). The van der Waals surface area contributed by atoms with E-state index in [4.69, 9.17) is 4.74 Å². The lowest BCUT2D eigenvalue weighted by Gasteiger charge is -2.20. The third kappa shape index (κ3) is 8.20. The Morgan fingerprint density at radius 2 is 1.52 bits per heavy atom. The van der Waals surface area contributed by atoms with E-state index in [1.165, 1.54) is 5.56 Å². The largest absolute Gasteiger partial charge is 0.457 e. The maximum atomic E-state index is 12.3. The number of benzene rings is 2. The Balaban J connectivity index is 1.35. The number of pyridine rings is 1. The van der Waals surface area contributed by atoms with E-state index >= 15 is 0 Å². The highest BCUT2D eigenvalue weighted by atomic mass is 16.5. The number of carbonyl (C=O) groups is 1. The molecule has 0 bridgehead atoms. The number of aromatic nitrogens is 1. The summed E-state index contributed by atoms with van der Waals surface area (Å²) < 4.78 is 5.78. The summed E-state index contributed by atoms with van der Waals surface area (Å²) in [5.41, 5.74) is 2.02. The fourth-order valence-electron chi connectivity index (χ4n) is 3.25. The molecule has 31 heavy (non-hydrogen) atoms. The van der Waals surface area contributed by atoms with E-state index in [1.54, 1.807) is 0 Å². The number of likely N-dealkylation sites (N-methyl/N-ethyl adjacent to an activating group) is 1. The Morgan fingerprint density at radius 3 is 2.23 bits per heavy atom. The highest BCUT2D eigenvalue weighted by Gasteiger charge is 2.08. The topological polar surface area (TPSA) is 57.7 Å². The van der Waals surface area contributed by atoms with E-state index in [-0.39, 0.29) is 5.91 Å². The van der Waals surface area contributed by atoms with E-state index < -0.39 is 0 Å². The quantitative estimate of drug-likeness (QED) is 0.504. The fourth-order valence-corrected chi connectivity index (χ4v) is 3.25. The van der Waals surface area contributed by atoms with Gasteiger partial charge in [0.2, 0.25) is 5.91 Å². The van der Waals surface area contributed by atoms with Crippen LogP contribution < -0.4 is 10.1 Å². The van der Waals surface area contributed by atoms with Crippen molar-refractivity contribution >= 4 is 11.6 Å². The zero-order valence-corrected chi connectivity index (χ0v) is 18.2. The molecule has 0 aliphatic carbocycles. The van der Waals surface area contributed by atoms with Crippen molar-refractivity contribution < 1.29 is 9.53 Å². The van der Waals surface area contributed by atoms with E-state index in [9.17, 15) is 4.79 Å². The average molecular weight is 419 g/mol. The average Bonchev–Trinajstić information content (AvgIpc) is 2.76. The minimum atomic E-state index is -0.0237. The van der Waals surface area contributed by atoms with Gasteiger partial charge in [0.25, 0.3) is 0 Å². The van der Waals surface area contributed by atoms with Crippen LogP contribution in [0.5, 0.6) is 11.5 Å². The first-order valence-electron chi connectivity index (χ1n) is 10.5. The van der Waals surface area contributed by atoms with Crippen molar-refractivity contribution in [1.82, 2.24) is 14.8 Å². The van der Waals surface area contributed by atoms with Crippen LogP contribution in [0.2, 0.25) is 0 Å². The third-order valence-electron chi connectivity index (χ3n) is 4.81. The van der Waals surface area contributed by atoms with Crippen molar-refractivity contribution in [3.63, 3.8) is 0 Å². The van der Waals surface area contributed by atoms with Crippen LogP contribution in [-0.2, 0) is 11.3 Å². The van der Waals surface area contributed by atoms with Gasteiger partial charge < -0.3 is 15.0 Å². The van der Waals surface area contributed by atoms with Gasteiger partial charge in [-0.3, -0.25) is 14.7 Å². The molecule has 0 saturated heterocycles. The predicted molar refractivity (Wildman–Crippen MR) is 124 cm³/mol. The maximum Gasteiger partial charge on any atom is 0.238 e. The zero-order valence-electron chi connectivity index (χ0n) is 18.2. The molecular weight excluding hydrogens is 388 g/mol. The molecule has 0 radical (unpaired) electrons. The molecule has 3 aromatic rings. The molecule has 0 aliphatic rings. The summed E-state index contributed by atoms with van der Waals surface area (Å²) in [6.07, 6.45) is 4.63. The van der Waals surface area contributed by atoms with Gasteiger partial charge in [0.1, 0.15) is 11.5 Å². The van der Waals surface area contributed by atoms with Gasteiger partial charge in [0.05, 0.1) is 6.54 Å². The molecule has 1 N–H and O–H groups in total. The second kappa shape index (κ2) is 11.8. The molecule has 1 heterocycles. The maximum absolute atomic E-state index is 12.3. The standard InChI is InChI=1S/C25H30N4O2/c1-28(19-21-13-15-26-16-14-21)17-6-18-29(2)20-25(30)27-22-9-11-24(12-10-22)31-23-7-4-3-5-8-23/h3-5,7-16H,6,17-20H2,1-2H3,(H,27,30). The molecule has 0 saturated carbocycles. The number of hydrogen-bond acceptors (Lipinski definition) is 5. The Morgan fingerprint density at radius 1 is 0.871 bits per heavy atom. The molecule has 0 aliphatic heterocycles. The molecule has 0 unspecified atom stereocenters. The minimum absolute atomic E-state index is 0.0237. The minimum Gasteiger partial charge on any atom is -0.457 e. The molecule has 0 fully saturated rings. The van der Waals surface area contributed by atoms with E-state index in [0.29, 0.717) is 6.54 Å². The lowest BCUT2D eigenvalue weighted by molar-refractivity contribution is -0.117. The molecule has 1 aromatic heterocycles. The first kappa shape index (κ1) is 22.5. The number of nitrogens with zero attached hydrogens (tertiary/aromatic N) is 3. The number of hydrogen-bond donors (Lipinski definition) is 1. The number of nitrogens with one attached hydrogen (secondary N) is 1. The smallest absolute Gasteiger partial charge is 0.238 e.